The van der Waals surface area contributed by atoms with Crippen molar-refractivity contribution >= 4 is 57.4 Å². The molecule has 1 aliphatic heterocycles. The zero-order chi connectivity index (χ0) is 23.5. The summed E-state index contributed by atoms with van der Waals surface area (Å²) in [6.07, 6.45) is 3.60. The maximum absolute atomic E-state index is 13.0. The Morgan fingerprint density at radius 2 is 1.76 bits per heavy atom. The second-order valence-corrected chi connectivity index (χ2v) is 9.06. The third-order valence-electron chi connectivity index (χ3n) is 5.69. The van der Waals surface area contributed by atoms with Gasteiger partial charge in [-0.3, -0.25) is 19.3 Å². The van der Waals surface area contributed by atoms with Crippen molar-refractivity contribution in [1.82, 2.24) is 14.4 Å². The fraction of sp³-hybridized carbons (Fsp3) is 0.240. The molecule has 0 unspecified atom stereocenters. The summed E-state index contributed by atoms with van der Waals surface area (Å²) in [5, 5.41) is 1.11. The molecule has 0 spiro atoms. The molecule has 170 valence electrons. The van der Waals surface area contributed by atoms with E-state index in [4.69, 9.17) is 11.6 Å². The molecule has 0 atom stereocenters. The van der Waals surface area contributed by atoms with Crippen molar-refractivity contribution in [3.05, 3.63) is 75.8 Å². The highest BCUT2D eigenvalue weighted by atomic mass is 35.5. The van der Waals surface area contributed by atoms with Crippen molar-refractivity contribution in [2.45, 2.75) is 26.9 Å². The smallest absolute Gasteiger partial charge is 0.293 e. The van der Waals surface area contributed by atoms with Crippen LogP contribution in [0.5, 0.6) is 0 Å². The van der Waals surface area contributed by atoms with Crippen LogP contribution in [0.15, 0.2) is 59.6 Å². The number of likely N-dealkylation sites (N-methyl/N-ethyl adjacent to an activating group) is 1. The summed E-state index contributed by atoms with van der Waals surface area (Å²) in [4.78, 5) is 41.6. The number of nitrogens with zero attached hydrogens (tertiary/aromatic N) is 3. The van der Waals surface area contributed by atoms with Gasteiger partial charge in [0.2, 0.25) is 5.91 Å². The van der Waals surface area contributed by atoms with Crippen molar-refractivity contribution < 1.29 is 14.4 Å². The Kier molecular flexibility index (Phi) is 6.91. The lowest BCUT2D eigenvalue weighted by Gasteiger charge is -2.19. The summed E-state index contributed by atoms with van der Waals surface area (Å²) >= 11 is 7.13. The minimum absolute atomic E-state index is 0.0346. The maximum atomic E-state index is 13.0. The quantitative estimate of drug-likeness (QED) is 0.424. The van der Waals surface area contributed by atoms with E-state index in [0.717, 1.165) is 28.2 Å². The van der Waals surface area contributed by atoms with Gasteiger partial charge in [0.25, 0.3) is 11.1 Å². The van der Waals surface area contributed by atoms with Crippen molar-refractivity contribution in [2.24, 2.45) is 0 Å². The third kappa shape index (κ3) is 4.70. The molecule has 8 heteroatoms. The van der Waals surface area contributed by atoms with Crippen LogP contribution in [0.1, 0.15) is 25.0 Å². The average Bonchev–Trinajstić information content (AvgIpc) is 3.28. The highest BCUT2D eigenvalue weighted by Crippen LogP contribution is 2.35. The molecule has 1 saturated heterocycles. The molecular weight excluding hydrogens is 458 g/mol. The predicted octanol–water partition coefficient (Wildman–Crippen LogP) is 5.40. The molecule has 33 heavy (non-hydrogen) atoms. The van der Waals surface area contributed by atoms with Gasteiger partial charge in [0.15, 0.2) is 0 Å². The van der Waals surface area contributed by atoms with Crippen LogP contribution in [-0.4, -0.2) is 44.5 Å². The Hall–Kier alpha value is -3.03. The molecule has 1 aliphatic rings. The molecule has 1 aromatic heterocycles. The average molecular weight is 482 g/mol. The number of hydrogen-bond donors (Lipinski definition) is 0. The number of aromatic nitrogens is 1. The first-order valence-corrected chi connectivity index (χ1v) is 12.0. The van der Waals surface area contributed by atoms with Crippen LogP contribution < -0.4 is 0 Å². The second-order valence-electron chi connectivity index (χ2n) is 7.65. The zero-order valence-corrected chi connectivity index (χ0v) is 20.0. The number of amides is 3. The zero-order valence-electron chi connectivity index (χ0n) is 18.5. The second kappa shape index (κ2) is 9.85. The first-order chi connectivity index (χ1) is 15.9. The van der Waals surface area contributed by atoms with Gasteiger partial charge in [-0.25, -0.2) is 0 Å². The normalized spacial score (nSPS) is 15.1. The number of carbonyl (C=O) groups excluding carboxylic acids is 3. The lowest BCUT2D eigenvalue weighted by atomic mass is 10.1. The minimum atomic E-state index is -0.346. The Morgan fingerprint density at radius 1 is 1.06 bits per heavy atom. The fourth-order valence-corrected chi connectivity index (χ4v) is 4.94. The molecule has 2 aromatic carbocycles. The standard InChI is InChI=1S/C25H24ClN3O3S/c1-3-27(4-2)23(30)16-28-14-18(19-10-6-8-12-21(19)28)13-22-24(31)29(25(32)33-22)15-17-9-5-7-11-20(17)26/h5-14H,3-4,15-16H2,1-2H3/b22-13-. The van der Waals surface area contributed by atoms with Crippen molar-refractivity contribution in [1.29, 1.82) is 0 Å². The number of imide groups is 1. The van der Waals surface area contributed by atoms with Crippen LogP contribution in [0.3, 0.4) is 0 Å². The number of hydrogen-bond acceptors (Lipinski definition) is 4. The van der Waals surface area contributed by atoms with E-state index in [1.807, 2.05) is 54.9 Å². The molecule has 6 nitrogen and oxygen atoms in total. The molecule has 0 saturated carbocycles. The lowest BCUT2D eigenvalue weighted by Crippen LogP contribution is -2.33. The van der Waals surface area contributed by atoms with Gasteiger partial charge in [0.1, 0.15) is 6.54 Å². The van der Waals surface area contributed by atoms with Crippen molar-refractivity contribution in [2.75, 3.05) is 13.1 Å². The van der Waals surface area contributed by atoms with Crippen LogP contribution in [0.2, 0.25) is 5.02 Å². The molecular formula is C25H24ClN3O3S. The van der Waals surface area contributed by atoms with Gasteiger partial charge in [-0.15, -0.1) is 0 Å². The van der Waals surface area contributed by atoms with Gasteiger partial charge < -0.3 is 9.47 Å². The van der Waals surface area contributed by atoms with Crippen LogP contribution in [0.25, 0.3) is 17.0 Å². The lowest BCUT2D eigenvalue weighted by molar-refractivity contribution is -0.131. The van der Waals surface area contributed by atoms with Gasteiger partial charge in [0.05, 0.1) is 11.4 Å². The van der Waals surface area contributed by atoms with Crippen LogP contribution in [0.4, 0.5) is 4.79 Å². The Morgan fingerprint density at radius 3 is 2.48 bits per heavy atom. The van der Waals surface area contributed by atoms with Crippen LogP contribution in [0, 0.1) is 0 Å². The van der Waals surface area contributed by atoms with Crippen molar-refractivity contribution in [3.8, 4) is 0 Å². The van der Waals surface area contributed by atoms with E-state index in [1.165, 1.54) is 4.90 Å². The first kappa shape index (κ1) is 23.1. The Bertz CT molecular complexity index is 1260. The van der Waals surface area contributed by atoms with Gasteiger partial charge in [-0.05, 0) is 49.4 Å². The Balaban J connectivity index is 1.64. The molecule has 0 radical (unpaired) electrons. The van der Waals surface area contributed by atoms with Crippen LogP contribution >= 0.6 is 23.4 Å². The number of halogens is 1. The molecule has 0 N–H and O–H groups in total. The third-order valence-corrected chi connectivity index (χ3v) is 6.96. The van der Waals surface area contributed by atoms with E-state index >= 15 is 0 Å². The molecule has 2 heterocycles. The molecule has 3 amide bonds. The number of para-hydroxylation sites is 1. The molecule has 3 aromatic rings. The largest absolute Gasteiger partial charge is 0.342 e. The number of thioether (sulfide) groups is 1. The number of carbonyl (C=O) groups is 3. The van der Waals surface area contributed by atoms with Gasteiger partial charge in [-0.2, -0.15) is 0 Å². The van der Waals surface area contributed by atoms with Gasteiger partial charge in [0, 0.05) is 40.8 Å². The highest BCUT2D eigenvalue weighted by Gasteiger charge is 2.35. The number of benzene rings is 2. The van der Waals surface area contributed by atoms with Gasteiger partial charge in [-0.1, -0.05) is 48.0 Å². The summed E-state index contributed by atoms with van der Waals surface area (Å²) in [6, 6.07) is 14.9. The van der Waals surface area contributed by atoms with E-state index in [0.29, 0.717) is 28.6 Å². The summed E-state index contributed by atoms with van der Waals surface area (Å²) in [6.45, 7) is 5.56. The topological polar surface area (TPSA) is 62.6 Å². The van der Waals surface area contributed by atoms with Gasteiger partial charge >= 0.3 is 0 Å². The van der Waals surface area contributed by atoms with E-state index in [1.54, 1.807) is 29.2 Å². The SMILES string of the molecule is CCN(CC)C(=O)Cn1cc(/C=C2\SC(=O)N(Cc3ccccc3Cl)C2=O)c2ccccc21. The summed E-state index contributed by atoms with van der Waals surface area (Å²) in [5.41, 5.74) is 2.41. The van der Waals surface area contributed by atoms with E-state index in [9.17, 15) is 14.4 Å². The maximum Gasteiger partial charge on any atom is 0.293 e. The predicted molar refractivity (Wildman–Crippen MR) is 133 cm³/mol. The number of fused-ring (bicyclic) bond motifs is 1. The fourth-order valence-electron chi connectivity index (χ4n) is 3.92. The number of rotatable bonds is 7. The van der Waals surface area contributed by atoms with Crippen molar-refractivity contribution in [3.63, 3.8) is 0 Å². The Labute approximate surface area is 201 Å². The summed E-state index contributed by atoms with van der Waals surface area (Å²) < 4.78 is 1.90. The minimum Gasteiger partial charge on any atom is -0.342 e. The summed E-state index contributed by atoms with van der Waals surface area (Å²) in [5.74, 6) is -0.312. The molecule has 0 bridgehead atoms. The summed E-state index contributed by atoms with van der Waals surface area (Å²) in [7, 11) is 0. The monoisotopic (exact) mass is 481 g/mol. The van der Waals surface area contributed by atoms with Crippen LogP contribution in [-0.2, 0) is 22.7 Å². The van der Waals surface area contributed by atoms with E-state index < -0.39 is 0 Å². The van der Waals surface area contributed by atoms with E-state index in [2.05, 4.69) is 0 Å². The first-order valence-electron chi connectivity index (χ1n) is 10.8. The molecule has 0 aliphatic carbocycles. The van der Waals surface area contributed by atoms with E-state index in [-0.39, 0.29) is 30.1 Å². The molecule has 4 rings (SSSR count). The molecule has 1 fully saturated rings. The highest BCUT2D eigenvalue weighted by molar-refractivity contribution is 8.18.